The molecule has 1 aliphatic heterocycles. The summed E-state index contributed by atoms with van der Waals surface area (Å²) in [6, 6.07) is 4.12. The molecule has 134 valence electrons. The molecular weight excluding hydrogens is 296 g/mol. The van der Waals surface area contributed by atoms with Gasteiger partial charge in [-0.05, 0) is 76.5 Å². The van der Waals surface area contributed by atoms with Crippen LogP contribution in [0.1, 0.15) is 90.2 Å². The number of hydrogen-bond acceptors (Lipinski definition) is 2. The van der Waals surface area contributed by atoms with Crippen LogP contribution < -0.4 is 4.74 Å². The molecule has 1 aromatic rings. The molecule has 0 spiro atoms. The molecule has 1 aromatic carbocycles. The van der Waals surface area contributed by atoms with E-state index in [-0.39, 0.29) is 11.5 Å². The highest BCUT2D eigenvalue weighted by molar-refractivity contribution is 5.50. The van der Waals surface area contributed by atoms with Gasteiger partial charge in [0.1, 0.15) is 17.1 Å². The Morgan fingerprint density at radius 3 is 2.71 bits per heavy atom. The molecule has 0 aromatic heterocycles. The lowest BCUT2D eigenvalue weighted by atomic mass is 9.89. The molecule has 24 heavy (non-hydrogen) atoms. The molecule has 1 N–H and O–H groups in total. The molecule has 2 heteroatoms. The molecule has 0 radical (unpaired) electrons. The van der Waals surface area contributed by atoms with Crippen molar-refractivity contribution in [3.63, 3.8) is 0 Å². The lowest BCUT2D eigenvalue weighted by Crippen LogP contribution is -2.29. The molecular formula is C22H34O2. The van der Waals surface area contributed by atoms with Crippen LogP contribution in [0.4, 0.5) is 0 Å². The summed E-state index contributed by atoms with van der Waals surface area (Å²) in [6.45, 7) is 10.9. The van der Waals surface area contributed by atoms with E-state index in [1.165, 1.54) is 24.0 Å². The highest BCUT2D eigenvalue weighted by Crippen LogP contribution is 2.41. The maximum absolute atomic E-state index is 10.7. The van der Waals surface area contributed by atoms with Gasteiger partial charge in [0.25, 0.3) is 0 Å². The van der Waals surface area contributed by atoms with Crippen molar-refractivity contribution in [3.05, 3.63) is 34.9 Å². The zero-order chi connectivity index (χ0) is 17.7. The third-order valence-corrected chi connectivity index (χ3v) is 5.00. The number of benzene rings is 1. The summed E-state index contributed by atoms with van der Waals surface area (Å²) in [5.41, 5.74) is 3.33. The maximum atomic E-state index is 10.7. The Balaban J connectivity index is 2.40. The van der Waals surface area contributed by atoms with Gasteiger partial charge in [-0.15, -0.1) is 0 Å². The normalized spacial score (nSPS) is 22.9. The van der Waals surface area contributed by atoms with Gasteiger partial charge >= 0.3 is 0 Å². The molecule has 0 saturated carbocycles. The fourth-order valence-corrected chi connectivity index (χ4v) is 3.65. The Labute approximate surface area is 147 Å². The Kier molecular flexibility index (Phi) is 6.37. The number of phenolic OH excluding ortho intramolecular Hbond substituents is 1. The number of phenols is 1. The van der Waals surface area contributed by atoms with Crippen LogP contribution in [0.3, 0.4) is 0 Å². The molecule has 0 amide bonds. The molecule has 1 aliphatic rings. The molecule has 0 aliphatic carbocycles. The van der Waals surface area contributed by atoms with Crippen LogP contribution in [0, 0.1) is 0 Å². The lowest BCUT2D eigenvalue weighted by molar-refractivity contribution is 0.0978. The third-order valence-electron chi connectivity index (χ3n) is 5.00. The minimum atomic E-state index is -0.225. The minimum absolute atomic E-state index is 0.225. The zero-order valence-electron chi connectivity index (χ0n) is 16.1. The largest absolute Gasteiger partial charge is 0.508 e. The van der Waals surface area contributed by atoms with Crippen LogP contribution in [-0.4, -0.2) is 10.7 Å². The van der Waals surface area contributed by atoms with Crippen molar-refractivity contribution in [1.82, 2.24) is 0 Å². The Bertz CT molecular complexity index is 584. The van der Waals surface area contributed by atoms with Gasteiger partial charge < -0.3 is 9.84 Å². The van der Waals surface area contributed by atoms with Crippen LogP contribution >= 0.6 is 0 Å². The lowest BCUT2D eigenvalue weighted by Gasteiger charge is -2.30. The topological polar surface area (TPSA) is 29.5 Å². The zero-order valence-corrected chi connectivity index (χ0v) is 16.1. The maximum Gasteiger partial charge on any atom is 0.127 e. The Hall–Kier alpha value is -1.44. The number of rotatable bonds is 4. The van der Waals surface area contributed by atoms with Crippen LogP contribution in [0.25, 0.3) is 0 Å². The van der Waals surface area contributed by atoms with E-state index < -0.39 is 0 Å². The quantitative estimate of drug-likeness (QED) is 0.503. The number of hydrogen-bond donors (Lipinski definition) is 1. The molecule has 2 nitrogen and oxygen atoms in total. The summed E-state index contributed by atoms with van der Waals surface area (Å²) >= 11 is 0. The van der Waals surface area contributed by atoms with Crippen LogP contribution in [0.15, 0.2) is 23.8 Å². The molecule has 1 atom stereocenters. The summed E-state index contributed by atoms with van der Waals surface area (Å²) in [4.78, 5) is 0. The van der Waals surface area contributed by atoms with E-state index in [4.69, 9.17) is 4.74 Å². The summed E-state index contributed by atoms with van der Waals surface area (Å²) in [5.74, 6) is 1.54. The number of fused-ring (bicyclic) bond motifs is 1. The summed E-state index contributed by atoms with van der Waals surface area (Å²) in [6.07, 6.45) is 9.93. The standard InChI is InChI=1S/C22H34O2/c1-6-7-8-11-18-14-19(23)21-17(3)13-16(2)10-9-12-22(4,5)24-20(21)15-18/h10,14-15,17,23H,6-9,11-13H2,1-5H3/b16-10-/t17-/m0/s1. The van der Waals surface area contributed by atoms with Gasteiger partial charge in [-0.3, -0.25) is 0 Å². The average Bonchev–Trinajstić information content (AvgIpc) is 2.45. The molecule has 0 unspecified atom stereocenters. The fourth-order valence-electron chi connectivity index (χ4n) is 3.65. The smallest absolute Gasteiger partial charge is 0.127 e. The number of ether oxygens (including phenoxy) is 1. The van der Waals surface area contributed by atoms with E-state index in [9.17, 15) is 5.11 Å². The second-order valence-electron chi connectivity index (χ2n) is 8.04. The summed E-state index contributed by atoms with van der Waals surface area (Å²) in [7, 11) is 0. The second kappa shape index (κ2) is 8.09. The Morgan fingerprint density at radius 2 is 2.00 bits per heavy atom. The van der Waals surface area contributed by atoms with Gasteiger partial charge in [-0.25, -0.2) is 0 Å². The van der Waals surface area contributed by atoms with Crippen molar-refractivity contribution in [2.75, 3.05) is 0 Å². The Morgan fingerprint density at radius 1 is 1.25 bits per heavy atom. The molecule has 0 bridgehead atoms. The van der Waals surface area contributed by atoms with E-state index in [0.717, 1.165) is 43.4 Å². The fraction of sp³-hybridized carbons (Fsp3) is 0.636. The highest BCUT2D eigenvalue weighted by atomic mass is 16.5. The molecule has 1 heterocycles. The van der Waals surface area contributed by atoms with Crippen molar-refractivity contribution < 1.29 is 9.84 Å². The second-order valence-corrected chi connectivity index (χ2v) is 8.04. The van der Waals surface area contributed by atoms with Crippen molar-refractivity contribution in [2.24, 2.45) is 0 Å². The van der Waals surface area contributed by atoms with Crippen molar-refractivity contribution >= 4 is 0 Å². The van der Waals surface area contributed by atoms with Crippen LogP contribution in [0.5, 0.6) is 11.5 Å². The van der Waals surface area contributed by atoms with Gasteiger partial charge in [0.2, 0.25) is 0 Å². The van der Waals surface area contributed by atoms with E-state index in [1.807, 2.05) is 6.07 Å². The monoisotopic (exact) mass is 330 g/mol. The van der Waals surface area contributed by atoms with Crippen molar-refractivity contribution in [3.8, 4) is 11.5 Å². The number of aryl methyl sites for hydroxylation is 1. The van der Waals surface area contributed by atoms with E-state index in [0.29, 0.717) is 5.75 Å². The van der Waals surface area contributed by atoms with Gasteiger partial charge in [-0.2, -0.15) is 0 Å². The van der Waals surface area contributed by atoms with E-state index in [2.05, 4.69) is 46.8 Å². The van der Waals surface area contributed by atoms with Gasteiger partial charge in [0.15, 0.2) is 0 Å². The molecule has 2 rings (SSSR count). The van der Waals surface area contributed by atoms with Gasteiger partial charge in [0.05, 0.1) is 0 Å². The average molecular weight is 331 g/mol. The highest BCUT2D eigenvalue weighted by Gasteiger charge is 2.26. The van der Waals surface area contributed by atoms with E-state index in [1.54, 1.807) is 0 Å². The van der Waals surface area contributed by atoms with Crippen LogP contribution in [0.2, 0.25) is 0 Å². The first kappa shape index (κ1) is 18.9. The number of unbranched alkanes of at least 4 members (excludes halogenated alkanes) is 2. The number of aromatic hydroxyl groups is 1. The predicted molar refractivity (Wildman–Crippen MR) is 102 cm³/mol. The molecule has 0 saturated heterocycles. The first-order valence-electron chi connectivity index (χ1n) is 9.53. The SMILES string of the molecule is CCCCCc1cc(O)c2c(c1)OC(C)(C)CC/C=C(/C)C[C@@H]2C. The van der Waals surface area contributed by atoms with Crippen molar-refractivity contribution in [1.29, 1.82) is 0 Å². The van der Waals surface area contributed by atoms with Gasteiger partial charge in [-0.1, -0.05) is 38.3 Å². The van der Waals surface area contributed by atoms with Gasteiger partial charge in [0, 0.05) is 5.56 Å². The van der Waals surface area contributed by atoms with Crippen LogP contribution in [-0.2, 0) is 6.42 Å². The summed E-state index contributed by atoms with van der Waals surface area (Å²) in [5, 5.41) is 10.7. The number of allylic oxidation sites excluding steroid dienone is 2. The third kappa shape index (κ3) is 5.03. The first-order chi connectivity index (χ1) is 11.3. The predicted octanol–water partition coefficient (Wildman–Crippen LogP) is 6.52. The summed E-state index contributed by atoms with van der Waals surface area (Å²) < 4.78 is 6.40. The molecule has 0 fully saturated rings. The van der Waals surface area contributed by atoms with Crippen molar-refractivity contribution in [2.45, 2.75) is 91.1 Å². The van der Waals surface area contributed by atoms with E-state index >= 15 is 0 Å². The minimum Gasteiger partial charge on any atom is -0.508 e. The first-order valence-corrected chi connectivity index (χ1v) is 9.53.